The van der Waals surface area contributed by atoms with E-state index in [1.807, 2.05) is 31.3 Å². The maximum atomic E-state index is 5.92. The number of hydrogen-bond donors (Lipinski definition) is 1. The average Bonchev–Trinajstić information content (AvgIpc) is 2.22. The average molecular weight is 272 g/mol. The Bertz CT molecular complexity index is 285. The van der Waals surface area contributed by atoms with Crippen molar-refractivity contribution in [3.63, 3.8) is 0 Å². The van der Waals surface area contributed by atoms with Crippen LogP contribution in [0.3, 0.4) is 0 Å². The van der Waals surface area contributed by atoms with E-state index in [-0.39, 0.29) is 6.10 Å². The summed E-state index contributed by atoms with van der Waals surface area (Å²) in [5, 5.41) is 3.15. The second kappa shape index (κ2) is 6.85. The van der Waals surface area contributed by atoms with Crippen LogP contribution in [-0.4, -0.2) is 19.7 Å². The highest BCUT2D eigenvalue weighted by Gasteiger charge is 2.09. The van der Waals surface area contributed by atoms with Gasteiger partial charge in [-0.05, 0) is 41.5 Å². The molecule has 1 atom stereocenters. The van der Waals surface area contributed by atoms with Crippen molar-refractivity contribution < 1.29 is 4.74 Å². The van der Waals surface area contributed by atoms with E-state index in [0.717, 1.165) is 29.6 Å². The maximum absolute atomic E-state index is 5.92. The lowest BCUT2D eigenvalue weighted by molar-refractivity contribution is 0.188. The summed E-state index contributed by atoms with van der Waals surface area (Å²) in [7, 11) is 1.95. The number of halogens is 1. The molecule has 0 aliphatic carbocycles. The number of ether oxygens (including phenoxy) is 1. The minimum Gasteiger partial charge on any atom is -0.488 e. The van der Waals surface area contributed by atoms with Crippen LogP contribution in [0.25, 0.3) is 0 Å². The molecule has 0 saturated heterocycles. The summed E-state index contributed by atoms with van der Waals surface area (Å²) in [5.74, 6) is 0.922. The number of rotatable bonds is 6. The van der Waals surface area contributed by atoms with Crippen molar-refractivity contribution in [2.24, 2.45) is 0 Å². The summed E-state index contributed by atoms with van der Waals surface area (Å²) >= 11 is 3.48. The van der Waals surface area contributed by atoms with Crippen molar-refractivity contribution >= 4 is 15.9 Å². The molecule has 0 fully saturated rings. The molecule has 1 rings (SSSR count). The lowest BCUT2D eigenvalue weighted by atomic mass is 10.2. The molecule has 0 saturated carbocycles. The van der Waals surface area contributed by atoms with Gasteiger partial charge >= 0.3 is 0 Å². The number of para-hydroxylation sites is 1. The summed E-state index contributed by atoms with van der Waals surface area (Å²) in [6.45, 7) is 3.06. The second-order valence-corrected chi connectivity index (χ2v) is 4.37. The van der Waals surface area contributed by atoms with Gasteiger partial charge in [0.2, 0.25) is 0 Å². The highest BCUT2D eigenvalue weighted by atomic mass is 79.9. The Balaban J connectivity index is 2.60. The molecule has 0 aromatic heterocycles. The van der Waals surface area contributed by atoms with Gasteiger partial charge in [0.15, 0.2) is 0 Å². The SMILES string of the molecule is CCCC(CNC)Oc1ccccc1Br. The molecule has 0 heterocycles. The normalized spacial score (nSPS) is 12.5. The zero-order valence-corrected chi connectivity index (χ0v) is 10.9. The predicted molar refractivity (Wildman–Crippen MR) is 67.4 cm³/mol. The van der Waals surface area contributed by atoms with Crippen LogP contribution in [0.2, 0.25) is 0 Å². The molecule has 0 aliphatic rings. The lowest BCUT2D eigenvalue weighted by Crippen LogP contribution is -2.29. The van der Waals surface area contributed by atoms with Gasteiger partial charge in [-0.1, -0.05) is 25.5 Å². The molecular formula is C12H18BrNO. The van der Waals surface area contributed by atoms with Gasteiger partial charge in [0, 0.05) is 6.54 Å². The van der Waals surface area contributed by atoms with E-state index in [4.69, 9.17) is 4.74 Å². The molecule has 0 aliphatic heterocycles. The Hall–Kier alpha value is -0.540. The second-order valence-electron chi connectivity index (χ2n) is 3.52. The van der Waals surface area contributed by atoms with Gasteiger partial charge < -0.3 is 10.1 Å². The summed E-state index contributed by atoms with van der Waals surface area (Å²) in [6.07, 6.45) is 2.46. The highest BCUT2D eigenvalue weighted by molar-refractivity contribution is 9.10. The van der Waals surface area contributed by atoms with E-state index in [0.29, 0.717) is 0 Å². The van der Waals surface area contributed by atoms with E-state index in [1.165, 1.54) is 0 Å². The number of hydrogen-bond acceptors (Lipinski definition) is 2. The largest absolute Gasteiger partial charge is 0.488 e. The zero-order chi connectivity index (χ0) is 11.1. The van der Waals surface area contributed by atoms with Crippen molar-refractivity contribution in [3.05, 3.63) is 28.7 Å². The van der Waals surface area contributed by atoms with Crippen molar-refractivity contribution in [2.45, 2.75) is 25.9 Å². The van der Waals surface area contributed by atoms with Crippen LogP contribution in [-0.2, 0) is 0 Å². The fourth-order valence-electron chi connectivity index (χ4n) is 1.47. The van der Waals surface area contributed by atoms with Gasteiger partial charge in [-0.3, -0.25) is 0 Å². The monoisotopic (exact) mass is 271 g/mol. The van der Waals surface area contributed by atoms with E-state index in [1.54, 1.807) is 0 Å². The minimum atomic E-state index is 0.249. The molecule has 2 nitrogen and oxygen atoms in total. The third-order valence-electron chi connectivity index (χ3n) is 2.17. The van der Waals surface area contributed by atoms with Gasteiger partial charge in [-0.25, -0.2) is 0 Å². The summed E-state index contributed by atoms with van der Waals surface area (Å²) in [6, 6.07) is 7.96. The van der Waals surface area contributed by atoms with Gasteiger partial charge in [-0.2, -0.15) is 0 Å². The highest BCUT2D eigenvalue weighted by Crippen LogP contribution is 2.25. The quantitative estimate of drug-likeness (QED) is 0.858. The first-order valence-corrected chi connectivity index (χ1v) is 6.13. The number of likely N-dealkylation sites (N-methyl/N-ethyl adjacent to an activating group) is 1. The van der Waals surface area contributed by atoms with Gasteiger partial charge in [0.05, 0.1) is 4.47 Å². The molecule has 15 heavy (non-hydrogen) atoms. The summed E-state index contributed by atoms with van der Waals surface area (Å²) < 4.78 is 6.93. The van der Waals surface area contributed by atoms with Crippen LogP contribution in [0, 0.1) is 0 Å². The van der Waals surface area contributed by atoms with Crippen LogP contribution in [0.15, 0.2) is 28.7 Å². The van der Waals surface area contributed by atoms with E-state index in [9.17, 15) is 0 Å². The van der Waals surface area contributed by atoms with E-state index in [2.05, 4.69) is 28.2 Å². The predicted octanol–water partition coefficient (Wildman–Crippen LogP) is 3.22. The van der Waals surface area contributed by atoms with E-state index < -0.39 is 0 Å². The molecule has 1 aromatic rings. The third-order valence-corrected chi connectivity index (χ3v) is 2.83. The summed E-state index contributed by atoms with van der Waals surface area (Å²) in [4.78, 5) is 0. The van der Waals surface area contributed by atoms with Crippen LogP contribution in [0.5, 0.6) is 5.75 Å². The van der Waals surface area contributed by atoms with E-state index >= 15 is 0 Å². The molecular weight excluding hydrogens is 254 g/mol. The molecule has 3 heteroatoms. The van der Waals surface area contributed by atoms with Crippen LogP contribution in [0.4, 0.5) is 0 Å². The van der Waals surface area contributed by atoms with Gasteiger partial charge in [0.25, 0.3) is 0 Å². The van der Waals surface area contributed by atoms with Crippen molar-refractivity contribution in [1.82, 2.24) is 5.32 Å². The van der Waals surface area contributed by atoms with Crippen molar-refractivity contribution in [2.75, 3.05) is 13.6 Å². The Labute approximate surface area is 100 Å². The number of benzene rings is 1. The summed E-state index contributed by atoms with van der Waals surface area (Å²) in [5.41, 5.74) is 0. The van der Waals surface area contributed by atoms with Gasteiger partial charge in [0.1, 0.15) is 11.9 Å². The number of nitrogens with one attached hydrogen (secondary N) is 1. The van der Waals surface area contributed by atoms with Crippen molar-refractivity contribution in [1.29, 1.82) is 0 Å². The fraction of sp³-hybridized carbons (Fsp3) is 0.500. The Morgan fingerprint density at radius 3 is 2.73 bits per heavy atom. The topological polar surface area (TPSA) is 21.3 Å². The zero-order valence-electron chi connectivity index (χ0n) is 9.29. The van der Waals surface area contributed by atoms with Crippen LogP contribution in [0.1, 0.15) is 19.8 Å². The maximum Gasteiger partial charge on any atom is 0.133 e. The smallest absolute Gasteiger partial charge is 0.133 e. The molecule has 0 bridgehead atoms. The molecule has 84 valence electrons. The Kier molecular flexibility index (Phi) is 5.73. The first-order valence-electron chi connectivity index (χ1n) is 5.33. The molecule has 1 unspecified atom stereocenters. The first-order chi connectivity index (χ1) is 7.27. The molecule has 0 radical (unpaired) electrons. The van der Waals surface area contributed by atoms with Crippen molar-refractivity contribution in [3.8, 4) is 5.75 Å². The molecule has 1 aromatic carbocycles. The lowest BCUT2D eigenvalue weighted by Gasteiger charge is -2.19. The minimum absolute atomic E-state index is 0.249. The molecule has 1 N–H and O–H groups in total. The Morgan fingerprint density at radius 2 is 2.13 bits per heavy atom. The fourth-order valence-corrected chi connectivity index (χ4v) is 1.85. The van der Waals surface area contributed by atoms with Gasteiger partial charge in [-0.15, -0.1) is 0 Å². The Morgan fingerprint density at radius 1 is 1.40 bits per heavy atom. The first kappa shape index (κ1) is 12.5. The molecule has 0 amide bonds. The van der Waals surface area contributed by atoms with Crippen LogP contribution < -0.4 is 10.1 Å². The molecule has 0 spiro atoms. The van der Waals surface area contributed by atoms with Crippen LogP contribution >= 0.6 is 15.9 Å². The third kappa shape index (κ3) is 4.22. The standard InChI is InChI=1S/C12H18BrNO/c1-3-6-10(9-14-2)15-12-8-5-4-7-11(12)13/h4-5,7-8,10,14H,3,6,9H2,1-2H3.